The molecule has 0 spiro atoms. The Bertz CT molecular complexity index is 831. The summed E-state index contributed by atoms with van der Waals surface area (Å²) in [5.74, 6) is -1.29. The predicted octanol–water partition coefficient (Wildman–Crippen LogP) is 1.53. The van der Waals surface area contributed by atoms with Gasteiger partial charge in [0.2, 0.25) is 5.78 Å². The fraction of sp³-hybridized carbons (Fsp3) is 0.154. The maximum absolute atomic E-state index is 11.0. The van der Waals surface area contributed by atoms with Gasteiger partial charge in [0.1, 0.15) is 0 Å². The summed E-state index contributed by atoms with van der Waals surface area (Å²) in [6.07, 6.45) is 2.15. The lowest BCUT2D eigenvalue weighted by Gasteiger charge is -1.95. The molecule has 0 aliphatic carbocycles. The van der Waals surface area contributed by atoms with E-state index in [2.05, 4.69) is 9.97 Å². The minimum Gasteiger partial charge on any atom is -0.481 e. The molecular weight excluding hydrogens is 262 g/mol. The van der Waals surface area contributed by atoms with Crippen LogP contribution in [0.15, 0.2) is 24.4 Å². The molecule has 0 atom stereocenters. The molecule has 0 aliphatic heterocycles. The Hall–Kier alpha value is -2.83. The number of imidazole rings is 2. The Morgan fingerprint density at radius 1 is 1.30 bits per heavy atom. The lowest BCUT2D eigenvalue weighted by Crippen LogP contribution is -1.97. The number of aromatic amines is 1. The van der Waals surface area contributed by atoms with Gasteiger partial charge >= 0.3 is 11.9 Å². The van der Waals surface area contributed by atoms with Crippen LogP contribution in [0.4, 0.5) is 0 Å². The van der Waals surface area contributed by atoms with Gasteiger partial charge in [-0.1, -0.05) is 0 Å². The number of aromatic nitrogens is 3. The standard InChI is InChI=1S/C13H11N3O4/c17-11(18)4-2-8-6-16-10-5-7(12(19)20)1-3-9(10)15-13(16)14-8/h1,3,5-6H,2,4H2,(H,14,15)(H,17,18)(H,19,20). The third-order valence-electron chi connectivity index (χ3n) is 3.10. The van der Waals surface area contributed by atoms with E-state index in [1.165, 1.54) is 6.07 Å². The lowest BCUT2D eigenvalue weighted by atomic mass is 10.2. The van der Waals surface area contributed by atoms with Crippen LogP contribution < -0.4 is 0 Å². The van der Waals surface area contributed by atoms with Gasteiger partial charge in [0.15, 0.2) is 0 Å². The van der Waals surface area contributed by atoms with Crippen molar-refractivity contribution in [2.24, 2.45) is 0 Å². The smallest absolute Gasteiger partial charge is 0.335 e. The highest BCUT2D eigenvalue weighted by molar-refractivity contribution is 5.93. The molecule has 0 saturated heterocycles. The van der Waals surface area contributed by atoms with Gasteiger partial charge < -0.3 is 15.2 Å². The Labute approximate surface area is 112 Å². The molecule has 2 aromatic heterocycles. The van der Waals surface area contributed by atoms with Crippen LogP contribution >= 0.6 is 0 Å². The SMILES string of the molecule is O=C(O)CCc1cn2c(nc3ccc(C(=O)O)cc32)[nH]1. The number of benzene rings is 1. The van der Waals surface area contributed by atoms with E-state index in [0.717, 1.165) is 5.69 Å². The first-order valence-corrected chi connectivity index (χ1v) is 5.99. The van der Waals surface area contributed by atoms with E-state index in [1.807, 2.05) is 0 Å². The number of carboxylic acids is 2. The number of rotatable bonds is 4. The first-order chi connectivity index (χ1) is 9.54. The minimum atomic E-state index is -0.997. The third-order valence-corrected chi connectivity index (χ3v) is 3.10. The van der Waals surface area contributed by atoms with Gasteiger partial charge in [-0.2, -0.15) is 0 Å². The average Bonchev–Trinajstić information content (AvgIpc) is 2.92. The summed E-state index contributed by atoms with van der Waals surface area (Å²) in [4.78, 5) is 28.9. The minimum absolute atomic E-state index is 0.0297. The molecule has 3 N–H and O–H groups in total. The molecule has 3 rings (SSSR count). The van der Waals surface area contributed by atoms with E-state index in [0.29, 0.717) is 23.2 Å². The van der Waals surface area contributed by atoms with Crippen molar-refractivity contribution in [3.8, 4) is 0 Å². The summed E-state index contributed by atoms with van der Waals surface area (Å²) in [7, 11) is 0. The van der Waals surface area contributed by atoms with Crippen molar-refractivity contribution in [2.75, 3.05) is 0 Å². The molecule has 0 aliphatic rings. The molecular formula is C13H11N3O4. The first-order valence-electron chi connectivity index (χ1n) is 5.99. The molecule has 0 amide bonds. The zero-order chi connectivity index (χ0) is 14.3. The fourth-order valence-electron chi connectivity index (χ4n) is 2.15. The summed E-state index contributed by atoms with van der Waals surface area (Å²) < 4.78 is 1.74. The zero-order valence-electron chi connectivity index (χ0n) is 10.3. The van der Waals surface area contributed by atoms with Crippen LogP contribution in [0.1, 0.15) is 22.5 Å². The van der Waals surface area contributed by atoms with Crippen LogP contribution in [-0.2, 0) is 11.2 Å². The van der Waals surface area contributed by atoms with E-state index in [9.17, 15) is 9.59 Å². The number of aryl methyl sites for hydroxylation is 1. The van der Waals surface area contributed by atoms with Crippen molar-refractivity contribution in [3.63, 3.8) is 0 Å². The number of carboxylic acid groups (broad SMARTS) is 2. The van der Waals surface area contributed by atoms with Gasteiger partial charge in [0.05, 0.1) is 23.0 Å². The molecule has 0 unspecified atom stereocenters. The average molecular weight is 273 g/mol. The molecule has 20 heavy (non-hydrogen) atoms. The number of aliphatic carboxylic acids is 1. The number of nitrogens with one attached hydrogen (secondary N) is 1. The van der Waals surface area contributed by atoms with Crippen LogP contribution in [0, 0.1) is 0 Å². The second kappa shape index (κ2) is 4.37. The van der Waals surface area contributed by atoms with Crippen molar-refractivity contribution in [1.29, 1.82) is 0 Å². The van der Waals surface area contributed by atoms with Crippen LogP contribution in [0.5, 0.6) is 0 Å². The largest absolute Gasteiger partial charge is 0.481 e. The number of aromatic carboxylic acids is 1. The van der Waals surface area contributed by atoms with Crippen LogP contribution in [0.25, 0.3) is 16.8 Å². The Balaban J connectivity index is 2.07. The first kappa shape index (κ1) is 12.2. The molecule has 102 valence electrons. The number of carbonyl (C=O) groups is 2. The summed E-state index contributed by atoms with van der Waals surface area (Å²) in [5, 5.41) is 17.7. The van der Waals surface area contributed by atoms with Gasteiger partial charge in [-0.15, -0.1) is 0 Å². The van der Waals surface area contributed by atoms with Gasteiger partial charge in [-0.05, 0) is 24.6 Å². The summed E-state index contributed by atoms with van der Waals surface area (Å²) in [6.45, 7) is 0. The topological polar surface area (TPSA) is 108 Å². The zero-order valence-corrected chi connectivity index (χ0v) is 10.3. The van der Waals surface area contributed by atoms with Gasteiger partial charge in [0.25, 0.3) is 0 Å². The van der Waals surface area contributed by atoms with E-state index < -0.39 is 11.9 Å². The van der Waals surface area contributed by atoms with E-state index in [4.69, 9.17) is 10.2 Å². The fourth-order valence-corrected chi connectivity index (χ4v) is 2.15. The molecule has 7 nitrogen and oxygen atoms in total. The van der Waals surface area contributed by atoms with Crippen molar-refractivity contribution >= 4 is 28.7 Å². The highest BCUT2D eigenvalue weighted by atomic mass is 16.4. The summed E-state index contributed by atoms with van der Waals surface area (Å²) >= 11 is 0. The molecule has 2 heterocycles. The van der Waals surface area contributed by atoms with Crippen LogP contribution in [-0.4, -0.2) is 36.5 Å². The number of hydrogen-bond donors (Lipinski definition) is 3. The lowest BCUT2D eigenvalue weighted by molar-refractivity contribution is -0.136. The highest BCUT2D eigenvalue weighted by Crippen LogP contribution is 2.19. The number of nitrogens with zero attached hydrogens (tertiary/aromatic N) is 2. The quantitative estimate of drug-likeness (QED) is 0.668. The number of hydrogen-bond acceptors (Lipinski definition) is 3. The van der Waals surface area contributed by atoms with Gasteiger partial charge in [0, 0.05) is 11.9 Å². The monoisotopic (exact) mass is 273 g/mol. The molecule has 0 fully saturated rings. The molecule has 0 radical (unpaired) electrons. The van der Waals surface area contributed by atoms with Crippen LogP contribution in [0.3, 0.4) is 0 Å². The number of H-pyrrole nitrogens is 1. The molecule has 0 bridgehead atoms. The Kier molecular flexibility index (Phi) is 2.67. The Morgan fingerprint density at radius 2 is 2.10 bits per heavy atom. The number of fused-ring (bicyclic) bond motifs is 3. The highest BCUT2D eigenvalue weighted by Gasteiger charge is 2.11. The third kappa shape index (κ3) is 1.99. The second-order valence-electron chi connectivity index (χ2n) is 4.49. The van der Waals surface area contributed by atoms with E-state index in [1.54, 1.807) is 22.7 Å². The van der Waals surface area contributed by atoms with Crippen molar-refractivity contribution in [1.82, 2.24) is 14.4 Å². The van der Waals surface area contributed by atoms with E-state index >= 15 is 0 Å². The maximum atomic E-state index is 11.0. The molecule has 0 saturated carbocycles. The normalized spacial score (nSPS) is 11.2. The van der Waals surface area contributed by atoms with Gasteiger partial charge in [-0.3, -0.25) is 9.20 Å². The molecule has 1 aromatic carbocycles. The van der Waals surface area contributed by atoms with Crippen LogP contribution in [0.2, 0.25) is 0 Å². The second-order valence-corrected chi connectivity index (χ2v) is 4.49. The van der Waals surface area contributed by atoms with Crippen molar-refractivity contribution in [2.45, 2.75) is 12.8 Å². The summed E-state index contributed by atoms with van der Waals surface area (Å²) in [6, 6.07) is 4.70. The maximum Gasteiger partial charge on any atom is 0.335 e. The van der Waals surface area contributed by atoms with Gasteiger partial charge in [-0.25, -0.2) is 9.78 Å². The predicted molar refractivity (Wildman–Crippen MR) is 70.0 cm³/mol. The Morgan fingerprint density at radius 3 is 2.80 bits per heavy atom. The molecule has 3 aromatic rings. The summed E-state index contributed by atoms with van der Waals surface area (Å²) in [5.41, 5.74) is 2.30. The van der Waals surface area contributed by atoms with Crippen molar-refractivity contribution in [3.05, 3.63) is 35.7 Å². The molecule has 7 heteroatoms. The van der Waals surface area contributed by atoms with Crippen molar-refractivity contribution < 1.29 is 19.8 Å². The van der Waals surface area contributed by atoms with E-state index in [-0.39, 0.29) is 12.0 Å².